The summed E-state index contributed by atoms with van der Waals surface area (Å²) < 4.78 is 0. The van der Waals surface area contributed by atoms with Crippen molar-refractivity contribution in [1.82, 2.24) is 10.3 Å². The molecule has 68 valence electrons. The number of aromatic nitrogens is 1. The fourth-order valence-electron chi connectivity index (χ4n) is 1.45. The van der Waals surface area contributed by atoms with Gasteiger partial charge in [0.2, 0.25) is 0 Å². The van der Waals surface area contributed by atoms with E-state index in [4.69, 9.17) is 5.11 Å². The van der Waals surface area contributed by atoms with E-state index in [1.807, 2.05) is 0 Å². The summed E-state index contributed by atoms with van der Waals surface area (Å²) in [6.45, 7) is 1.73. The van der Waals surface area contributed by atoms with Crippen molar-refractivity contribution in [2.45, 2.75) is 5.92 Å². The van der Waals surface area contributed by atoms with Crippen LogP contribution in [0.2, 0.25) is 0 Å². The van der Waals surface area contributed by atoms with Crippen molar-refractivity contribution in [3.63, 3.8) is 0 Å². The molecular weight excluding hydrogens is 168 g/mol. The maximum atomic E-state index is 10.8. The lowest BCUT2D eigenvalue weighted by Crippen LogP contribution is -2.40. The lowest BCUT2D eigenvalue weighted by Gasteiger charge is -2.28. The summed E-state index contributed by atoms with van der Waals surface area (Å²) in [5.41, 5.74) is 1.22. The van der Waals surface area contributed by atoms with Crippen LogP contribution in [0.5, 0.6) is 0 Å². The van der Waals surface area contributed by atoms with Gasteiger partial charge in [0.05, 0.1) is 5.56 Å². The lowest BCUT2D eigenvalue weighted by atomic mass is 9.91. The number of aromatic carboxylic acids is 1. The average Bonchev–Trinajstić information content (AvgIpc) is 2.02. The highest BCUT2D eigenvalue weighted by Crippen LogP contribution is 2.22. The molecule has 0 atom stereocenters. The van der Waals surface area contributed by atoms with Gasteiger partial charge in [-0.05, 0) is 11.6 Å². The van der Waals surface area contributed by atoms with E-state index < -0.39 is 5.97 Å². The van der Waals surface area contributed by atoms with Gasteiger partial charge in [-0.25, -0.2) is 4.79 Å². The Bertz CT molecular complexity index is 334. The zero-order valence-electron chi connectivity index (χ0n) is 7.03. The number of hydrogen-bond donors (Lipinski definition) is 2. The summed E-state index contributed by atoms with van der Waals surface area (Å²) in [6, 6.07) is 1.79. The van der Waals surface area contributed by atoms with E-state index in [1.54, 1.807) is 12.3 Å². The van der Waals surface area contributed by atoms with Crippen LogP contribution in [0.1, 0.15) is 21.8 Å². The van der Waals surface area contributed by atoms with E-state index in [-0.39, 0.29) is 0 Å². The Hall–Kier alpha value is -1.42. The maximum Gasteiger partial charge on any atom is 0.337 e. The molecule has 1 aliphatic rings. The van der Waals surface area contributed by atoms with Crippen molar-refractivity contribution in [2.75, 3.05) is 13.1 Å². The number of carboxylic acid groups (broad SMARTS) is 1. The number of nitrogens with zero attached hydrogens (tertiary/aromatic N) is 1. The molecule has 1 saturated heterocycles. The van der Waals surface area contributed by atoms with Crippen molar-refractivity contribution in [3.8, 4) is 0 Å². The van der Waals surface area contributed by atoms with Gasteiger partial charge in [0.1, 0.15) is 0 Å². The van der Waals surface area contributed by atoms with Crippen LogP contribution in [-0.2, 0) is 0 Å². The minimum Gasteiger partial charge on any atom is -0.478 e. The van der Waals surface area contributed by atoms with Gasteiger partial charge >= 0.3 is 5.97 Å². The van der Waals surface area contributed by atoms with Gasteiger partial charge in [-0.2, -0.15) is 0 Å². The van der Waals surface area contributed by atoms with Gasteiger partial charge in [-0.3, -0.25) is 4.98 Å². The summed E-state index contributed by atoms with van der Waals surface area (Å²) in [5.74, 6) is -0.552. The first-order chi connectivity index (χ1) is 6.29. The van der Waals surface area contributed by atoms with Crippen LogP contribution in [0.3, 0.4) is 0 Å². The molecule has 0 saturated carbocycles. The van der Waals surface area contributed by atoms with Crippen molar-refractivity contribution in [2.24, 2.45) is 0 Å². The molecule has 1 fully saturated rings. The Morgan fingerprint density at radius 1 is 1.62 bits per heavy atom. The molecule has 1 aliphatic heterocycles. The summed E-state index contributed by atoms with van der Waals surface area (Å²) in [6.07, 6.45) is 3.05. The van der Waals surface area contributed by atoms with E-state index in [1.165, 1.54) is 6.20 Å². The molecule has 13 heavy (non-hydrogen) atoms. The van der Waals surface area contributed by atoms with Crippen LogP contribution in [0.15, 0.2) is 18.5 Å². The van der Waals surface area contributed by atoms with Crippen LogP contribution < -0.4 is 5.32 Å². The highest BCUT2D eigenvalue weighted by atomic mass is 16.4. The molecule has 0 amide bonds. The van der Waals surface area contributed by atoms with Gasteiger partial charge in [-0.1, -0.05) is 0 Å². The molecular formula is C9H10N2O2. The van der Waals surface area contributed by atoms with E-state index >= 15 is 0 Å². The number of hydrogen-bond acceptors (Lipinski definition) is 3. The minimum absolute atomic E-state index is 0.328. The van der Waals surface area contributed by atoms with Crippen LogP contribution in [0.4, 0.5) is 0 Å². The molecule has 0 aromatic carbocycles. The van der Waals surface area contributed by atoms with Gasteiger partial charge in [-0.15, -0.1) is 0 Å². The Labute approximate surface area is 75.6 Å². The SMILES string of the molecule is O=C(O)c1cnccc1C1CNC1. The molecule has 4 nitrogen and oxygen atoms in total. The van der Waals surface area contributed by atoms with Crippen LogP contribution >= 0.6 is 0 Å². The molecule has 0 bridgehead atoms. The highest BCUT2D eigenvalue weighted by molar-refractivity contribution is 5.89. The van der Waals surface area contributed by atoms with Crippen molar-refractivity contribution >= 4 is 5.97 Å². The summed E-state index contributed by atoms with van der Waals surface area (Å²) in [5, 5.41) is 12.0. The molecule has 1 aromatic heterocycles. The smallest absolute Gasteiger partial charge is 0.337 e. The molecule has 1 aromatic rings. The van der Waals surface area contributed by atoms with Gasteiger partial charge in [0.25, 0.3) is 0 Å². The average molecular weight is 178 g/mol. The first kappa shape index (κ1) is 8.19. The van der Waals surface area contributed by atoms with Crippen molar-refractivity contribution < 1.29 is 9.90 Å². The molecule has 0 aliphatic carbocycles. The summed E-state index contributed by atoms with van der Waals surface area (Å²) >= 11 is 0. The zero-order valence-corrected chi connectivity index (χ0v) is 7.03. The monoisotopic (exact) mass is 178 g/mol. The van der Waals surface area contributed by atoms with Gasteiger partial charge in [0, 0.05) is 31.4 Å². The number of carboxylic acids is 1. The Kier molecular flexibility index (Phi) is 1.98. The molecule has 0 unspecified atom stereocenters. The predicted molar refractivity (Wildman–Crippen MR) is 46.8 cm³/mol. The molecule has 2 N–H and O–H groups in total. The Balaban J connectivity index is 2.36. The number of nitrogens with one attached hydrogen (secondary N) is 1. The topological polar surface area (TPSA) is 62.2 Å². The summed E-state index contributed by atoms with van der Waals surface area (Å²) in [4.78, 5) is 14.6. The van der Waals surface area contributed by atoms with Crippen molar-refractivity contribution in [3.05, 3.63) is 29.6 Å². The van der Waals surface area contributed by atoms with Crippen LogP contribution in [-0.4, -0.2) is 29.1 Å². The first-order valence-electron chi connectivity index (χ1n) is 4.17. The zero-order chi connectivity index (χ0) is 9.26. The third kappa shape index (κ3) is 1.40. The largest absolute Gasteiger partial charge is 0.478 e. The van der Waals surface area contributed by atoms with E-state index in [0.29, 0.717) is 11.5 Å². The van der Waals surface area contributed by atoms with Gasteiger partial charge in [0.15, 0.2) is 0 Å². The molecule has 0 radical (unpaired) electrons. The van der Waals surface area contributed by atoms with Gasteiger partial charge < -0.3 is 10.4 Å². The number of pyridine rings is 1. The molecule has 2 heterocycles. The second kappa shape index (κ2) is 3.14. The highest BCUT2D eigenvalue weighted by Gasteiger charge is 2.23. The third-order valence-corrected chi connectivity index (χ3v) is 2.31. The first-order valence-corrected chi connectivity index (χ1v) is 4.17. The maximum absolute atomic E-state index is 10.8. The third-order valence-electron chi connectivity index (χ3n) is 2.31. The molecule has 4 heteroatoms. The minimum atomic E-state index is -0.894. The molecule has 2 rings (SSSR count). The fourth-order valence-corrected chi connectivity index (χ4v) is 1.45. The lowest BCUT2D eigenvalue weighted by molar-refractivity contribution is 0.0694. The quantitative estimate of drug-likeness (QED) is 0.691. The second-order valence-electron chi connectivity index (χ2n) is 3.12. The second-order valence-corrected chi connectivity index (χ2v) is 3.12. The van der Waals surface area contributed by atoms with Crippen LogP contribution in [0.25, 0.3) is 0 Å². The summed E-state index contributed by atoms with van der Waals surface area (Å²) in [7, 11) is 0. The number of rotatable bonds is 2. The van der Waals surface area contributed by atoms with Crippen LogP contribution in [0, 0.1) is 0 Å². The fraction of sp³-hybridized carbons (Fsp3) is 0.333. The normalized spacial score (nSPS) is 16.6. The van der Waals surface area contributed by atoms with E-state index in [9.17, 15) is 4.79 Å². The Morgan fingerprint density at radius 2 is 2.38 bits per heavy atom. The standard InChI is InChI=1S/C9H10N2O2/c12-9(13)8-5-10-2-1-7(8)6-3-11-4-6/h1-2,5-6,11H,3-4H2,(H,12,13). The predicted octanol–water partition coefficient (Wildman–Crippen LogP) is 0.467. The number of carbonyl (C=O) groups is 1. The molecule has 0 spiro atoms. The van der Waals surface area contributed by atoms with Crippen molar-refractivity contribution in [1.29, 1.82) is 0 Å². The Morgan fingerprint density at radius 3 is 2.92 bits per heavy atom. The van der Waals surface area contributed by atoms with E-state index in [2.05, 4.69) is 10.3 Å². The van der Waals surface area contributed by atoms with E-state index in [0.717, 1.165) is 18.7 Å².